The summed E-state index contributed by atoms with van der Waals surface area (Å²) in [6.45, 7) is 1.73. The Bertz CT molecular complexity index is 633. The molecule has 6 nitrogen and oxygen atoms in total. The number of pyridine rings is 1. The topological polar surface area (TPSA) is 80.9 Å². The summed E-state index contributed by atoms with van der Waals surface area (Å²) in [4.78, 5) is 26.8. The Balaban J connectivity index is 2.72. The standard InChI is InChI=1S/C11H10N2O4/c1-2-17-11(16)8-9(14)12-7-5-3-4-6-13(7)10(8)15/h3-6,15H,2H2,1H3. The van der Waals surface area contributed by atoms with Crippen molar-refractivity contribution in [2.45, 2.75) is 6.92 Å². The van der Waals surface area contributed by atoms with Crippen LogP contribution in [0.1, 0.15) is 17.3 Å². The highest BCUT2D eigenvalue weighted by molar-refractivity contribution is 5.91. The van der Waals surface area contributed by atoms with Gasteiger partial charge in [0.1, 0.15) is 5.65 Å². The van der Waals surface area contributed by atoms with E-state index in [9.17, 15) is 14.7 Å². The molecule has 0 spiro atoms. The predicted octanol–water partition coefficient (Wildman–Crippen LogP) is 0.577. The van der Waals surface area contributed by atoms with Crippen LogP contribution >= 0.6 is 0 Å². The van der Waals surface area contributed by atoms with Gasteiger partial charge < -0.3 is 9.84 Å². The summed E-state index contributed by atoms with van der Waals surface area (Å²) in [5.74, 6) is -1.33. The van der Waals surface area contributed by atoms with E-state index in [1.807, 2.05) is 0 Å². The van der Waals surface area contributed by atoms with E-state index in [2.05, 4.69) is 9.72 Å². The quantitative estimate of drug-likeness (QED) is 0.768. The highest BCUT2D eigenvalue weighted by atomic mass is 16.5. The summed E-state index contributed by atoms with van der Waals surface area (Å²) in [5.41, 5.74) is -0.981. The van der Waals surface area contributed by atoms with Crippen molar-refractivity contribution in [1.29, 1.82) is 0 Å². The number of nitrogens with zero attached hydrogens (tertiary/aromatic N) is 2. The van der Waals surface area contributed by atoms with E-state index < -0.39 is 23.0 Å². The molecule has 1 N–H and O–H groups in total. The van der Waals surface area contributed by atoms with Crippen molar-refractivity contribution in [3.63, 3.8) is 0 Å². The van der Waals surface area contributed by atoms with Gasteiger partial charge in [-0.2, -0.15) is 4.98 Å². The summed E-state index contributed by atoms with van der Waals surface area (Å²) in [6, 6.07) is 4.87. The van der Waals surface area contributed by atoms with Crippen LogP contribution in [0, 0.1) is 0 Å². The second-order valence-electron chi connectivity index (χ2n) is 3.26. The summed E-state index contributed by atoms with van der Waals surface area (Å²) in [7, 11) is 0. The van der Waals surface area contributed by atoms with Gasteiger partial charge in [0.2, 0.25) is 5.88 Å². The van der Waals surface area contributed by atoms with E-state index in [1.54, 1.807) is 25.1 Å². The number of fused-ring (bicyclic) bond motifs is 1. The van der Waals surface area contributed by atoms with Gasteiger partial charge in [0, 0.05) is 6.20 Å². The molecule has 0 saturated heterocycles. The zero-order chi connectivity index (χ0) is 12.4. The number of carbonyl (C=O) groups excluding carboxylic acids is 1. The first-order valence-electron chi connectivity index (χ1n) is 5.02. The third-order valence-electron chi connectivity index (χ3n) is 2.20. The lowest BCUT2D eigenvalue weighted by molar-refractivity contribution is 0.0519. The van der Waals surface area contributed by atoms with Crippen LogP contribution < -0.4 is 5.56 Å². The van der Waals surface area contributed by atoms with Crippen molar-refractivity contribution in [2.24, 2.45) is 0 Å². The molecule has 2 heterocycles. The Morgan fingerprint density at radius 3 is 3.00 bits per heavy atom. The molecule has 17 heavy (non-hydrogen) atoms. The van der Waals surface area contributed by atoms with Crippen LogP contribution in [0.25, 0.3) is 5.65 Å². The lowest BCUT2D eigenvalue weighted by atomic mass is 10.3. The van der Waals surface area contributed by atoms with Gasteiger partial charge in [-0.1, -0.05) is 6.07 Å². The minimum Gasteiger partial charge on any atom is -0.493 e. The van der Waals surface area contributed by atoms with Crippen molar-refractivity contribution in [3.8, 4) is 5.88 Å². The zero-order valence-electron chi connectivity index (χ0n) is 9.08. The number of rotatable bonds is 2. The van der Waals surface area contributed by atoms with Gasteiger partial charge in [-0.3, -0.25) is 9.20 Å². The summed E-state index contributed by atoms with van der Waals surface area (Å²) in [5, 5.41) is 9.85. The number of hydrogen-bond donors (Lipinski definition) is 1. The van der Waals surface area contributed by atoms with Crippen molar-refractivity contribution in [3.05, 3.63) is 40.3 Å². The normalized spacial score (nSPS) is 10.4. The van der Waals surface area contributed by atoms with Crippen molar-refractivity contribution in [1.82, 2.24) is 9.38 Å². The predicted molar refractivity (Wildman–Crippen MR) is 59.1 cm³/mol. The van der Waals surface area contributed by atoms with Gasteiger partial charge in [0.25, 0.3) is 5.56 Å². The zero-order valence-corrected chi connectivity index (χ0v) is 9.08. The van der Waals surface area contributed by atoms with Crippen molar-refractivity contribution < 1.29 is 14.6 Å². The van der Waals surface area contributed by atoms with Crippen LogP contribution in [0.4, 0.5) is 0 Å². The van der Waals surface area contributed by atoms with Gasteiger partial charge in [0.05, 0.1) is 6.61 Å². The van der Waals surface area contributed by atoms with Crippen LogP contribution in [-0.2, 0) is 4.74 Å². The van der Waals surface area contributed by atoms with Gasteiger partial charge in [-0.05, 0) is 19.1 Å². The Morgan fingerprint density at radius 1 is 1.53 bits per heavy atom. The molecule has 6 heteroatoms. The lowest BCUT2D eigenvalue weighted by Gasteiger charge is -2.06. The van der Waals surface area contributed by atoms with Crippen LogP contribution in [0.5, 0.6) is 5.88 Å². The maximum Gasteiger partial charge on any atom is 0.349 e. The van der Waals surface area contributed by atoms with E-state index in [0.717, 1.165) is 0 Å². The van der Waals surface area contributed by atoms with Crippen LogP contribution in [0.15, 0.2) is 29.2 Å². The fourth-order valence-corrected chi connectivity index (χ4v) is 1.46. The first-order chi connectivity index (χ1) is 8.15. The minimum absolute atomic E-state index is 0.120. The van der Waals surface area contributed by atoms with E-state index in [4.69, 9.17) is 0 Å². The molecule has 0 fully saturated rings. The highest BCUT2D eigenvalue weighted by Gasteiger charge is 2.20. The Kier molecular flexibility index (Phi) is 2.78. The third kappa shape index (κ3) is 1.84. The number of hydrogen-bond acceptors (Lipinski definition) is 5. The van der Waals surface area contributed by atoms with E-state index in [1.165, 1.54) is 10.6 Å². The Morgan fingerprint density at radius 2 is 2.29 bits per heavy atom. The average Bonchev–Trinajstić information content (AvgIpc) is 2.29. The Hall–Kier alpha value is -2.37. The van der Waals surface area contributed by atoms with Crippen molar-refractivity contribution >= 4 is 11.6 Å². The van der Waals surface area contributed by atoms with Crippen LogP contribution in [0.3, 0.4) is 0 Å². The SMILES string of the molecule is CCOC(=O)c1c(O)n2ccccc2nc1=O. The first kappa shape index (κ1) is 11.1. The molecule has 0 aliphatic carbocycles. The minimum atomic E-state index is -0.874. The maximum absolute atomic E-state index is 11.6. The third-order valence-corrected chi connectivity index (χ3v) is 2.20. The van der Waals surface area contributed by atoms with Crippen LogP contribution in [0.2, 0.25) is 0 Å². The molecule has 2 rings (SSSR count). The monoisotopic (exact) mass is 234 g/mol. The van der Waals surface area contributed by atoms with Gasteiger partial charge in [-0.15, -0.1) is 0 Å². The first-order valence-corrected chi connectivity index (χ1v) is 5.02. The smallest absolute Gasteiger partial charge is 0.349 e. The highest BCUT2D eigenvalue weighted by Crippen LogP contribution is 2.14. The van der Waals surface area contributed by atoms with Crippen molar-refractivity contribution in [2.75, 3.05) is 6.61 Å². The molecule has 88 valence electrons. The molecule has 0 radical (unpaired) electrons. The molecule has 0 bridgehead atoms. The molecule has 2 aromatic heterocycles. The molecular formula is C11H10N2O4. The fourth-order valence-electron chi connectivity index (χ4n) is 1.46. The Labute approximate surface area is 96.1 Å². The van der Waals surface area contributed by atoms with E-state index >= 15 is 0 Å². The molecule has 0 aliphatic rings. The van der Waals surface area contributed by atoms with E-state index in [-0.39, 0.29) is 12.3 Å². The number of esters is 1. The summed E-state index contributed by atoms with van der Waals surface area (Å²) >= 11 is 0. The molecule has 2 aromatic rings. The van der Waals surface area contributed by atoms with Crippen LogP contribution in [-0.4, -0.2) is 27.1 Å². The molecule has 0 saturated carbocycles. The second kappa shape index (κ2) is 4.25. The molecule has 0 aliphatic heterocycles. The number of ether oxygens (including phenoxy) is 1. The number of aromatic hydroxyl groups is 1. The molecular weight excluding hydrogens is 224 g/mol. The maximum atomic E-state index is 11.6. The number of carbonyl (C=O) groups is 1. The number of aromatic nitrogens is 2. The lowest BCUT2D eigenvalue weighted by Crippen LogP contribution is -2.22. The summed E-state index contributed by atoms with van der Waals surface area (Å²) in [6.07, 6.45) is 1.50. The van der Waals surface area contributed by atoms with Gasteiger partial charge in [-0.25, -0.2) is 4.79 Å². The van der Waals surface area contributed by atoms with E-state index in [0.29, 0.717) is 0 Å². The largest absolute Gasteiger partial charge is 0.493 e. The molecule has 0 amide bonds. The molecule has 0 unspecified atom stereocenters. The molecule has 0 aromatic carbocycles. The fraction of sp³-hybridized carbons (Fsp3) is 0.182. The van der Waals surface area contributed by atoms with Gasteiger partial charge in [0.15, 0.2) is 5.56 Å². The molecule has 0 atom stereocenters. The average molecular weight is 234 g/mol. The van der Waals surface area contributed by atoms with Gasteiger partial charge >= 0.3 is 5.97 Å². The summed E-state index contributed by atoms with van der Waals surface area (Å²) < 4.78 is 5.93. The second-order valence-corrected chi connectivity index (χ2v) is 3.26.